The number of hydrogen-bond acceptors (Lipinski definition) is 3. The highest BCUT2D eigenvalue weighted by Gasteiger charge is 2.20. The summed E-state index contributed by atoms with van der Waals surface area (Å²) in [5.74, 6) is 0.883. The van der Waals surface area contributed by atoms with Crippen LogP contribution in [0.4, 0.5) is 10.2 Å². The van der Waals surface area contributed by atoms with Crippen LogP contribution < -0.4 is 5.32 Å². The molecule has 0 saturated carbocycles. The van der Waals surface area contributed by atoms with Crippen LogP contribution in [0, 0.1) is 0 Å². The third kappa shape index (κ3) is 3.16. The first-order chi connectivity index (χ1) is 7.34. The number of hydrogen-bond donors (Lipinski definition) is 1. The van der Waals surface area contributed by atoms with E-state index < -0.39 is 6.17 Å². The van der Waals surface area contributed by atoms with Crippen molar-refractivity contribution in [3.63, 3.8) is 0 Å². The van der Waals surface area contributed by atoms with Gasteiger partial charge in [-0.05, 0) is 18.6 Å². The SMILES string of the molecule is FC1CCN(CCNc2ccccn2)C1. The number of nitrogens with one attached hydrogen (secondary N) is 1. The van der Waals surface area contributed by atoms with Crippen LogP contribution in [0.15, 0.2) is 24.4 Å². The lowest BCUT2D eigenvalue weighted by Crippen LogP contribution is -2.27. The monoisotopic (exact) mass is 209 g/mol. The fourth-order valence-corrected chi connectivity index (χ4v) is 1.80. The van der Waals surface area contributed by atoms with E-state index in [1.165, 1.54) is 0 Å². The summed E-state index contributed by atoms with van der Waals surface area (Å²) in [6.45, 7) is 3.18. The number of alkyl halides is 1. The first-order valence-corrected chi connectivity index (χ1v) is 5.36. The van der Waals surface area contributed by atoms with Gasteiger partial charge < -0.3 is 5.32 Å². The van der Waals surface area contributed by atoms with E-state index in [9.17, 15) is 4.39 Å². The topological polar surface area (TPSA) is 28.2 Å². The Balaban J connectivity index is 1.67. The van der Waals surface area contributed by atoms with Crippen LogP contribution in [0.3, 0.4) is 0 Å². The Morgan fingerprint density at radius 3 is 3.13 bits per heavy atom. The van der Waals surface area contributed by atoms with Crippen LogP contribution in [0.5, 0.6) is 0 Å². The summed E-state index contributed by atoms with van der Waals surface area (Å²) >= 11 is 0. The molecule has 3 nitrogen and oxygen atoms in total. The Morgan fingerprint density at radius 2 is 2.47 bits per heavy atom. The van der Waals surface area contributed by atoms with Gasteiger partial charge in [0.1, 0.15) is 12.0 Å². The van der Waals surface area contributed by atoms with Crippen molar-refractivity contribution < 1.29 is 4.39 Å². The van der Waals surface area contributed by atoms with Crippen LogP contribution in [0.1, 0.15) is 6.42 Å². The molecular weight excluding hydrogens is 193 g/mol. The number of halogens is 1. The number of likely N-dealkylation sites (tertiary alicyclic amines) is 1. The van der Waals surface area contributed by atoms with E-state index in [0.29, 0.717) is 13.0 Å². The van der Waals surface area contributed by atoms with Gasteiger partial charge in [0.05, 0.1) is 0 Å². The highest BCUT2D eigenvalue weighted by atomic mass is 19.1. The molecule has 1 N–H and O–H groups in total. The molecule has 2 rings (SSSR count). The summed E-state index contributed by atoms with van der Waals surface area (Å²) in [6.07, 6.45) is 1.82. The summed E-state index contributed by atoms with van der Waals surface area (Å²) < 4.78 is 12.8. The standard InChI is InChI=1S/C11H16FN3/c12-10-4-7-15(9-10)8-6-14-11-3-1-2-5-13-11/h1-3,5,10H,4,6-9H2,(H,13,14). The van der Waals surface area contributed by atoms with E-state index in [1.54, 1.807) is 6.20 Å². The lowest BCUT2D eigenvalue weighted by molar-refractivity contribution is 0.295. The van der Waals surface area contributed by atoms with Gasteiger partial charge in [-0.2, -0.15) is 0 Å². The maximum absolute atomic E-state index is 12.8. The van der Waals surface area contributed by atoms with Crippen molar-refractivity contribution in [1.82, 2.24) is 9.88 Å². The Bertz CT molecular complexity index is 291. The summed E-state index contributed by atoms with van der Waals surface area (Å²) in [7, 11) is 0. The van der Waals surface area contributed by atoms with Crippen molar-refractivity contribution in [2.24, 2.45) is 0 Å². The predicted molar refractivity (Wildman–Crippen MR) is 58.7 cm³/mol. The van der Waals surface area contributed by atoms with Gasteiger partial charge in [0, 0.05) is 32.4 Å². The average molecular weight is 209 g/mol. The largest absolute Gasteiger partial charge is 0.369 e. The minimum Gasteiger partial charge on any atom is -0.369 e. The highest BCUT2D eigenvalue weighted by Crippen LogP contribution is 2.11. The molecular formula is C11H16FN3. The quantitative estimate of drug-likeness (QED) is 0.815. The molecule has 1 fully saturated rings. The van der Waals surface area contributed by atoms with Crippen LogP contribution in [0.25, 0.3) is 0 Å². The fraction of sp³-hybridized carbons (Fsp3) is 0.545. The Morgan fingerprint density at radius 1 is 1.53 bits per heavy atom. The van der Waals surface area contributed by atoms with E-state index in [1.807, 2.05) is 18.2 Å². The number of nitrogens with zero attached hydrogens (tertiary/aromatic N) is 2. The molecule has 1 aliphatic heterocycles. The average Bonchev–Trinajstić information content (AvgIpc) is 2.66. The molecule has 82 valence electrons. The zero-order valence-corrected chi connectivity index (χ0v) is 8.69. The molecule has 1 aliphatic rings. The number of pyridine rings is 1. The molecule has 1 saturated heterocycles. The van der Waals surface area contributed by atoms with Gasteiger partial charge >= 0.3 is 0 Å². The maximum atomic E-state index is 12.8. The molecule has 1 unspecified atom stereocenters. The van der Waals surface area contributed by atoms with Crippen molar-refractivity contribution in [3.05, 3.63) is 24.4 Å². The third-order valence-electron chi connectivity index (χ3n) is 2.61. The summed E-state index contributed by atoms with van der Waals surface area (Å²) in [5, 5.41) is 3.21. The van der Waals surface area contributed by atoms with Gasteiger partial charge in [-0.1, -0.05) is 6.07 Å². The first-order valence-electron chi connectivity index (χ1n) is 5.36. The Hall–Kier alpha value is -1.16. The van der Waals surface area contributed by atoms with Crippen molar-refractivity contribution >= 4 is 5.82 Å². The van der Waals surface area contributed by atoms with Gasteiger partial charge in [0.2, 0.25) is 0 Å². The Kier molecular flexibility index (Phi) is 3.50. The lowest BCUT2D eigenvalue weighted by Gasteiger charge is -2.14. The molecule has 4 heteroatoms. The molecule has 0 radical (unpaired) electrons. The molecule has 15 heavy (non-hydrogen) atoms. The second-order valence-electron chi connectivity index (χ2n) is 3.83. The van der Waals surface area contributed by atoms with Gasteiger partial charge in [-0.3, -0.25) is 4.90 Å². The van der Waals surface area contributed by atoms with E-state index in [4.69, 9.17) is 0 Å². The van der Waals surface area contributed by atoms with E-state index in [2.05, 4.69) is 15.2 Å². The molecule has 1 atom stereocenters. The second-order valence-corrected chi connectivity index (χ2v) is 3.83. The first kappa shape index (κ1) is 10.4. The zero-order valence-electron chi connectivity index (χ0n) is 8.69. The molecule has 2 heterocycles. The van der Waals surface area contributed by atoms with Gasteiger partial charge in [-0.25, -0.2) is 9.37 Å². The third-order valence-corrected chi connectivity index (χ3v) is 2.61. The number of rotatable bonds is 4. The summed E-state index contributed by atoms with van der Waals surface area (Å²) in [5.41, 5.74) is 0. The fourth-order valence-electron chi connectivity index (χ4n) is 1.80. The normalized spacial score (nSPS) is 21.8. The highest BCUT2D eigenvalue weighted by molar-refractivity contribution is 5.32. The number of aromatic nitrogens is 1. The molecule has 0 spiro atoms. The van der Waals surface area contributed by atoms with E-state index in [-0.39, 0.29) is 0 Å². The van der Waals surface area contributed by atoms with Crippen LogP contribution in [0.2, 0.25) is 0 Å². The van der Waals surface area contributed by atoms with Crippen molar-refractivity contribution in [2.45, 2.75) is 12.6 Å². The van der Waals surface area contributed by atoms with Gasteiger partial charge in [0.25, 0.3) is 0 Å². The van der Waals surface area contributed by atoms with Crippen LogP contribution in [-0.2, 0) is 0 Å². The van der Waals surface area contributed by atoms with Gasteiger partial charge in [0.15, 0.2) is 0 Å². The van der Waals surface area contributed by atoms with Crippen LogP contribution in [-0.4, -0.2) is 42.2 Å². The second kappa shape index (κ2) is 5.07. The molecule has 1 aromatic rings. The number of anilines is 1. The van der Waals surface area contributed by atoms with E-state index in [0.717, 1.165) is 25.5 Å². The zero-order chi connectivity index (χ0) is 10.5. The summed E-state index contributed by atoms with van der Waals surface area (Å²) in [6, 6.07) is 5.77. The van der Waals surface area contributed by atoms with Crippen molar-refractivity contribution in [3.8, 4) is 0 Å². The Labute approximate surface area is 89.3 Å². The molecule has 1 aromatic heterocycles. The predicted octanol–water partition coefficient (Wildman–Crippen LogP) is 1.54. The maximum Gasteiger partial charge on any atom is 0.125 e. The molecule has 0 bridgehead atoms. The van der Waals surface area contributed by atoms with Crippen LogP contribution >= 0.6 is 0 Å². The summed E-state index contributed by atoms with van der Waals surface area (Å²) in [4.78, 5) is 6.29. The minimum atomic E-state index is -0.625. The minimum absolute atomic E-state index is 0.587. The van der Waals surface area contributed by atoms with Gasteiger partial charge in [-0.15, -0.1) is 0 Å². The molecule has 0 aromatic carbocycles. The van der Waals surface area contributed by atoms with Crippen molar-refractivity contribution in [2.75, 3.05) is 31.5 Å². The molecule has 0 amide bonds. The van der Waals surface area contributed by atoms with Crippen molar-refractivity contribution in [1.29, 1.82) is 0 Å². The van der Waals surface area contributed by atoms with E-state index >= 15 is 0 Å². The lowest BCUT2D eigenvalue weighted by atomic mass is 10.3. The molecule has 0 aliphatic carbocycles. The smallest absolute Gasteiger partial charge is 0.125 e.